The monoisotopic (exact) mass is 433 g/mol. The first kappa shape index (κ1) is 19.5. The zero-order valence-electron chi connectivity index (χ0n) is 16.6. The van der Waals surface area contributed by atoms with Crippen LogP contribution in [0, 0.1) is 12.7 Å². The van der Waals surface area contributed by atoms with E-state index in [0.717, 1.165) is 11.1 Å². The van der Waals surface area contributed by atoms with E-state index in [4.69, 9.17) is 16.0 Å². The Bertz CT molecular complexity index is 1390. The van der Waals surface area contributed by atoms with Crippen molar-refractivity contribution in [2.24, 2.45) is 0 Å². The number of fused-ring (bicyclic) bond motifs is 2. The molecule has 0 aliphatic carbocycles. The van der Waals surface area contributed by atoms with Crippen LogP contribution in [0.5, 0.6) is 0 Å². The fraction of sp³-hybridized carbons (Fsp3) is 0.120. The summed E-state index contributed by atoms with van der Waals surface area (Å²) in [6.07, 6.45) is 0. The maximum absolute atomic E-state index is 14.8. The van der Waals surface area contributed by atoms with Crippen molar-refractivity contribution in [2.45, 2.75) is 19.5 Å². The lowest BCUT2D eigenvalue weighted by Gasteiger charge is -2.25. The summed E-state index contributed by atoms with van der Waals surface area (Å²) in [5, 5.41) is 0.639. The summed E-state index contributed by atoms with van der Waals surface area (Å²) in [4.78, 5) is 28.3. The highest BCUT2D eigenvalue weighted by Crippen LogP contribution is 2.40. The van der Waals surface area contributed by atoms with Gasteiger partial charge in [-0.2, -0.15) is 0 Å². The Morgan fingerprint density at radius 3 is 2.52 bits per heavy atom. The molecule has 1 amide bonds. The van der Waals surface area contributed by atoms with Crippen molar-refractivity contribution < 1.29 is 13.6 Å². The molecule has 0 bridgehead atoms. The second-order valence-electron chi connectivity index (χ2n) is 7.66. The SMILES string of the molecule is Cc1ccc(CN2C(=O)c3oc4ccc(Cl)cc4c(=O)c3C2c2ccccc2F)cc1. The lowest BCUT2D eigenvalue weighted by molar-refractivity contribution is 0.0712. The molecular weight excluding hydrogens is 417 g/mol. The molecule has 3 aromatic carbocycles. The lowest BCUT2D eigenvalue weighted by atomic mass is 9.97. The highest BCUT2D eigenvalue weighted by molar-refractivity contribution is 6.31. The molecule has 0 saturated heterocycles. The second kappa shape index (κ2) is 7.36. The topological polar surface area (TPSA) is 50.5 Å². The van der Waals surface area contributed by atoms with Gasteiger partial charge in [0.1, 0.15) is 11.4 Å². The summed E-state index contributed by atoms with van der Waals surface area (Å²) in [6.45, 7) is 2.18. The third kappa shape index (κ3) is 3.22. The van der Waals surface area contributed by atoms with Crippen molar-refractivity contribution in [3.05, 3.63) is 116 Å². The van der Waals surface area contributed by atoms with Crippen molar-refractivity contribution in [3.63, 3.8) is 0 Å². The van der Waals surface area contributed by atoms with Crippen LogP contribution in [0.25, 0.3) is 11.0 Å². The quantitative estimate of drug-likeness (QED) is 0.420. The van der Waals surface area contributed by atoms with E-state index in [9.17, 15) is 14.0 Å². The van der Waals surface area contributed by atoms with Gasteiger partial charge in [-0.05, 0) is 36.8 Å². The Hall–Kier alpha value is -3.44. The van der Waals surface area contributed by atoms with Gasteiger partial charge >= 0.3 is 0 Å². The average molecular weight is 434 g/mol. The fourth-order valence-corrected chi connectivity index (χ4v) is 4.24. The minimum Gasteiger partial charge on any atom is -0.450 e. The molecule has 1 unspecified atom stereocenters. The molecule has 2 heterocycles. The van der Waals surface area contributed by atoms with Gasteiger partial charge < -0.3 is 9.32 Å². The summed E-state index contributed by atoms with van der Waals surface area (Å²) in [5.41, 5.74) is 2.23. The van der Waals surface area contributed by atoms with Crippen LogP contribution >= 0.6 is 11.6 Å². The zero-order valence-corrected chi connectivity index (χ0v) is 17.3. The Morgan fingerprint density at radius 2 is 1.77 bits per heavy atom. The van der Waals surface area contributed by atoms with E-state index >= 15 is 0 Å². The molecule has 1 aliphatic heterocycles. The smallest absolute Gasteiger partial charge is 0.291 e. The van der Waals surface area contributed by atoms with Crippen LogP contribution in [-0.2, 0) is 6.54 Å². The van der Waals surface area contributed by atoms with Crippen LogP contribution in [0.15, 0.2) is 75.9 Å². The van der Waals surface area contributed by atoms with E-state index < -0.39 is 17.8 Å². The van der Waals surface area contributed by atoms with Crippen molar-refractivity contribution in [2.75, 3.05) is 0 Å². The largest absolute Gasteiger partial charge is 0.450 e. The van der Waals surface area contributed by atoms with Gasteiger partial charge in [0.25, 0.3) is 5.91 Å². The molecule has 1 atom stereocenters. The molecule has 0 saturated carbocycles. The third-order valence-corrected chi connectivity index (χ3v) is 5.84. The lowest BCUT2D eigenvalue weighted by Crippen LogP contribution is -2.29. The van der Waals surface area contributed by atoms with Gasteiger partial charge in [0.15, 0.2) is 5.43 Å². The van der Waals surface area contributed by atoms with Crippen LogP contribution in [0.2, 0.25) is 5.02 Å². The number of nitrogens with zero attached hydrogens (tertiary/aromatic N) is 1. The van der Waals surface area contributed by atoms with Gasteiger partial charge in [-0.15, -0.1) is 0 Å². The molecular formula is C25H17ClFNO3. The van der Waals surface area contributed by atoms with Crippen LogP contribution in [0.3, 0.4) is 0 Å². The van der Waals surface area contributed by atoms with Gasteiger partial charge in [-0.25, -0.2) is 4.39 Å². The second-order valence-corrected chi connectivity index (χ2v) is 8.09. The molecule has 31 heavy (non-hydrogen) atoms. The van der Waals surface area contributed by atoms with E-state index in [1.807, 2.05) is 31.2 Å². The third-order valence-electron chi connectivity index (χ3n) is 5.60. The highest BCUT2D eigenvalue weighted by Gasteiger charge is 2.43. The molecule has 5 rings (SSSR count). The molecule has 154 valence electrons. The fourth-order valence-electron chi connectivity index (χ4n) is 4.07. The van der Waals surface area contributed by atoms with E-state index in [-0.39, 0.29) is 39.8 Å². The van der Waals surface area contributed by atoms with Crippen LogP contribution in [0.4, 0.5) is 4.39 Å². The van der Waals surface area contributed by atoms with Crippen molar-refractivity contribution >= 4 is 28.5 Å². The van der Waals surface area contributed by atoms with E-state index in [1.54, 1.807) is 30.3 Å². The Kier molecular flexibility index (Phi) is 4.63. The predicted molar refractivity (Wildman–Crippen MR) is 117 cm³/mol. The normalized spacial score (nSPS) is 15.5. The number of hydrogen-bond acceptors (Lipinski definition) is 3. The van der Waals surface area contributed by atoms with Crippen molar-refractivity contribution in [1.29, 1.82) is 0 Å². The maximum Gasteiger partial charge on any atom is 0.291 e. The first-order valence-electron chi connectivity index (χ1n) is 9.81. The molecule has 0 N–H and O–H groups in total. The highest BCUT2D eigenvalue weighted by atomic mass is 35.5. The minimum atomic E-state index is -0.898. The number of aryl methyl sites for hydroxylation is 1. The van der Waals surface area contributed by atoms with Crippen LogP contribution in [-0.4, -0.2) is 10.8 Å². The number of rotatable bonds is 3. The molecule has 0 spiro atoms. The molecule has 1 aliphatic rings. The number of carbonyl (C=O) groups is 1. The van der Waals surface area contributed by atoms with E-state index in [0.29, 0.717) is 5.02 Å². The number of carbonyl (C=O) groups excluding carboxylic acids is 1. The standard InChI is InChI=1S/C25H17ClFNO3/c1-14-6-8-15(9-7-14)13-28-22(17-4-2-3-5-19(17)27)21-23(29)18-12-16(26)10-11-20(18)31-24(21)25(28)30/h2-12,22H,13H2,1H3. The first-order chi connectivity index (χ1) is 14.9. The van der Waals surface area contributed by atoms with Gasteiger partial charge in [0, 0.05) is 17.1 Å². The number of halogens is 2. The summed E-state index contributed by atoms with van der Waals surface area (Å²) >= 11 is 6.08. The maximum atomic E-state index is 14.8. The van der Waals surface area contributed by atoms with Crippen LogP contribution in [0.1, 0.15) is 38.9 Å². The van der Waals surface area contributed by atoms with E-state index in [1.165, 1.54) is 17.0 Å². The van der Waals surface area contributed by atoms with Crippen LogP contribution < -0.4 is 5.43 Å². The predicted octanol–water partition coefficient (Wildman–Crippen LogP) is 5.64. The summed E-state index contributed by atoms with van der Waals surface area (Å²) in [6, 6.07) is 17.7. The zero-order chi connectivity index (χ0) is 21.7. The first-order valence-corrected chi connectivity index (χ1v) is 10.2. The Morgan fingerprint density at radius 1 is 1.03 bits per heavy atom. The molecule has 4 aromatic rings. The molecule has 4 nitrogen and oxygen atoms in total. The average Bonchev–Trinajstić information content (AvgIpc) is 3.03. The molecule has 6 heteroatoms. The summed E-state index contributed by atoms with van der Waals surface area (Å²) in [5.74, 6) is -0.995. The number of benzene rings is 3. The van der Waals surface area contributed by atoms with Gasteiger partial charge in [0.05, 0.1) is 17.0 Å². The summed E-state index contributed by atoms with van der Waals surface area (Å²) < 4.78 is 20.7. The Balaban J connectivity index is 1.74. The number of hydrogen-bond donors (Lipinski definition) is 0. The van der Waals surface area contributed by atoms with Gasteiger partial charge in [-0.3, -0.25) is 9.59 Å². The molecule has 0 radical (unpaired) electrons. The van der Waals surface area contributed by atoms with Crippen molar-refractivity contribution in [1.82, 2.24) is 4.90 Å². The van der Waals surface area contributed by atoms with Crippen molar-refractivity contribution in [3.8, 4) is 0 Å². The Labute approximate surface area is 182 Å². The summed E-state index contributed by atoms with van der Waals surface area (Å²) in [7, 11) is 0. The van der Waals surface area contributed by atoms with Gasteiger partial charge in [0.2, 0.25) is 5.76 Å². The number of amides is 1. The minimum absolute atomic E-state index is 0.0554. The molecule has 1 aromatic heterocycles. The van der Waals surface area contributed by atoms with Gasteiger partial charge in [-0.1, -0.05) is 59.6 Å². The molecule has 0 fully saturated rings. The van der Waals surface area contributed by atoms with E-state index in [2.05, 4.69) is 0 Å².